The summed E-state index contributed by atoms with van der Waals surface area (Å²) in [6.45, 7) is 3.89. The first-order valence-corrected chi connectivity index (χ1v) is 6.58. The predicted molar refractivity (Wildman–Crippen MR) is 73.6 cm³/mol. The topological polar surface area (TPSA) is 55.1 Å². The third-order valence-electron chi connectivity index (χ3n) is 2.55. The number of nitrogens with one attached hydrogen (secondary N) is 1. The van der Waals surface area contributed by atoms with Crippen LogP contribution in [0.2, 0.25) is 0 Å². The zero-order valence-electron chi connectivity index (χ0n) is 10.2. The van der Waals surface area contributed by atoms with Gasteiger partial charge in [0.25, 0.3) is 0 Å². The number of hydrogen-bond donors (Lipinski definition) is 2. The summed E-state index contributed by atoms with van der Waals surface area (Å²) in [6.07, 6.45) is 1.20. The fourth-order valence-corrected chi connectivity index (χ4v) is 1.95. The molecule has 3 N–H and O–H groups in total. The van der Waals surface area contributed by atoms with Crippen LogP contribution in [0.3, 0.4) is 0 Å². The Balaban J connectivity index is 2.48. The van der Waals surface area contributed by atoms with Gasteiger partial charge in [-0.2, -0.15) is 0 Å². The van der Waals surface area contributed by atoms with Gasteiger partial charge in [-0.25, -0.2) is 0 Å². The minimum atomic E-state index is 0.0214. The van der Waals surface area contributed by atoms with Crippen molar-refractivity contribution in [1.82, 2.24) is 5.32 Å². The standard InChI is InChI=1S/C13H19BrN2O/c1-9(15)6-7-13(17)16-10(2)11-4-3-5-12(14)8-11/h3-5,8-10H,6-7,15H2,1-2H3,(H,16,17)/t9?,10-/m1/s1. The average Bonchev–Trinajstić information content (AvgIpc) is 2.26. The molecule has 1 amide bonds. The number of hydrogen-bond acceptors (Lipinski definition) is 2. The second-order valence-electron chi connectivity index (χ2n) is 4.36. The number of nitrogens with two attached hydrogens (primary N) is 1. The maximum Gasteiger partial charge on any atom is 0.220 e. The highest BCUT2D eigenvalue weighted by molar-refractivity contribution is 9.10. The molecule has 0 radical (unpaired) electrons. The SMILES string of the molecule is CC(N)CCC(=O)N[C@H](C)c1cccc(Br)c1. The maximum absolute atomic E-state index is 11.6. The van der Waals surface area contributed by atoms with E-state index in [0.29, 0.717) is 6.42 Å². The predicted octanol–water partition coefficient (Wildman–Crippen LogP) is 2.75. The third-order valence-corrected chi connectivity index (χ3v) is 3.05. The molecular formula is C13H19BrN2O. The number of rotatable bonds is 5. The lowest BCUT2D eigenvalue weighted by atomic mass is 10.1. The Morgan fingerprint density at radius 3 is 2.76 bits per heavy atom. The molecule has 17 heavy (non-hydrogen) atoms. The molecule has 1 rings (SSSR count). The van der Waals surface area contributed by atoms with Crippen LogP contribution in [0, 0.1) is 0 Å². The van der Waals surface area contributed by atoms with Crippen LogP contribution >= 0.6 is 15.9 Å². The van der Waals surface area contributed by atoms with E-state index >= 15 is 0 Å². The quantitative estimate of drug-likeness (QED) is 0.878. The van der Waals surface area contributed by atoms with Gasteiger partial charge in [-0.1, -0.05) is 28.1 Å². The van der Waals surface area contributed by atoms with Crippen LogP contribution in [-0.2, 0) is 4.79 Å². The van der Waals surface area contributed by atoms with Crippen LogP contribution in [-0.4, -0.2) is 11.9 Å². The molecule has 0 aliphatic heterocycles. The number of halogens is 1. The summed E-state index contributed by atoms with van der Waals surface area (Å²) in [5.41, 5.74) is 6.71. The molecule has 1 aromatic rings. The van der Waals surface area contributed by atoms with Gasteiger partial charge in [0.15, 0.2) is 0 Å². The van der Waals surface area contributed by atoms with Crippen LogP contribution in [0.15, 0.2) is 28.7 Å². The lowest BCUT2D eigenvalue weighted by molar-refractivity contribution is -0.121. The van der Waals surface area contributed by atoms with Gasteiger partial charge in [0.2, 0.25) is 5.91 Å². The maximum atomic E-state index is 11.6. The van der Waals surface area contributed by atoms with Crippen LogP contribution in [0.5, 0.6) is 0 Å². The van der Waals surface area contributed by atoms with Crippen molar-refractivity contribution >= 4 is 21.8 Å². The molecule has 0 heterocycles. The monoisotopic (exact) mass is 298 g/mol. The summed E-state index contributed by atoms with van der Waals surface area (Å²) in [7, 11) is 0. The Morgan fingerprint density at radius 2 is 2.18 bits per heavy atom. The molecule has 0 aromatic heterocycles. The highest BCUT2D eigenvalue weighted by Gasteiger charge is 2.10. The van der Waals surface area contributed by atoms with Gasteiger partial charge < -0.3 is 11.1 Å². The largest absolute Gasteiger partial charge is 0.350 e. The smallest absolute Gasteiger partial charge is 0.220 e. The Labute approximate surface area is 111 Å². The molecule has 0 saturated carbocycles. The molecule has 0 spiro atoms. The summed E-state index contributed by atoms with van der Waals surface area (Å²) in [6, 6.07) is 8.03. The number of amides is 1. The van der Waals surface area contributed by atoms with E-state index in [9.17, 15) is 4.79 Å². The minimum absolute atomic E-state index is 0.0214. The summed E-state index contributed by atoms with van der Waals surface area (Å²) >= 11 is 3.42. The Kier molecular flexibility index (Phi) is 5.65. The van der Waals surface area contributed by atoms with Crippen molar-refractivity contribution in [2.24, 2.45) is 5.73 Å². The van der Waals surface area contributed by atoms with Crippen molar-refractivity contribution in [3.8, 4) is 0 Å². The molecule has 2 atom stereocenters. The van der Waals surface area contributed by atoms with Crippen LogP contribution in [0.25, 0.3) is 0 Å². The molecule has 94 valence electrons. The highest BCUT2D eigenvalue weighted by atomic mass is 79.9. The second kappa shape index (κ2) is 6.77. The van der Waals surface area contributed by atoms with Crippen molar-refractivity contribution < 1.29 is 4.79 Å². The number of benzene rings is 1. The Hall–Kier alpha value is -0.870. The first-order valence-electron chi connectivity index (χ1n) is 5.79. The van der Waals surface area contributed by atoms with E-state index in [-0.39, 0.29) is 18.0 Å². The van der Waals surface area contributed by atoms with Crippen molar-refractivity contribution in [3.05, 3.63) is 34.3 Å². The molecular weight excluding hydrogens is 280 g/mol. The van der Waals surface area contributed by atoms with Gasteiger partial charge in [-0.05, 0) is 38.0 Å². The Morgan fingerprint density at radius 1 is 1.47 bits per heavy atom. The van der Waals surface area contributed by atoms with Crippen molar-refractivity contribution in [2.75, 3.05) is 0 Å². The molecule has 0 saturated heterocycles. The van der Waals surface area contributed by atoms with Crippen LogP contribution in [0.1, 0.15) is 38.3 Å². The number of carbonyl (C=O) groups is 1. The van der Waals surface area contributed by atoms with E-state index in [2.05, 4.69) is 21.2 Å². The number of carbonyl (C=O) groups excluding carboxylic acids is 1. The molecule has 0 fully saturated rings. The summed E-state index contributed by atoms with van der Waals surface area (Å²) in [5, 5.41) is 2.96. The molecule has 1 aromatic carbocycles. The van der Waals surface area contributed by atoms with Gasteiger partial charge >= 0.3 is 0 Å². The molecule has 1 unspecified atom stereocenters. The zero-order chi connectivity index (χ0) is 12.8. The van der Waals surface area contributed by atoms with Gasteiger partial charge in [-0.3, -0.25) is 4.79 Å². The molecule has 0 aliphatic rings. The fraction of sp³-hybridized carbons (Fsp3) is 0.462. The highest BCUT2D eigenvalue weighted by Crippen LogP contribution is 2.17. The summed E-state index contributed by atoms with van der Waals surface area (Å²) in [5.74, 6) is 0.0507. The zero-order valence-corrected chi connectivity index (χ0v) is 11.8. The van der Waals surface area contributed by atoms with Gasteiger partial charge in [0.1, 0.15) is 0 Å². The van der Waals surface area contributed by atoms with E-state index < -0.39 is 0 Å². The van der Waals surface area contributed by atoms with E-state index in [4.69, 9.17) is 5.73 Å². The normalized spacial score (nSPS) is 14.1. The van der Waals surface area contributed by atoms with Gasteiger partial charge in [0.05, 0.1) is 6.04 Å². The summed E-state index contributed by atoms with van der Waals surface area (Å²) < 4.78 is 1.02. The lowest BCUT2D eigenvalue weighted by Crippen LogP contribution is -2.28. The minimum Gasteiger partial charge on any atom is -0.350 e. The van der Waals surface area contributed by atoms with Gasteiger partial charge in [-0.15, -0.1) is 0 Å². The van der Waals surface area contributed by atoms with Crippen LogP contribution in [0.4, 0.5) is 0 Å². The van der Waals surface area contributed by atoms with E-state index in [1.54, 1.807) is 0 Å². The molecule has 4 heteroatoms. The molecule has 3 nitrogen and oxygen atoms in total. The van der Waals surface area contributed by atoms with Crippen molar-refractivity contribution in [3.63, 3.8) is 0 Å². The first kappa shape index (κ1) is 14.2. The van der Waals surface area contributed by atoms with Gasteiger partial charge in [0, 0.05) is 16.9 Å². The third kappa shape index (κ3) is 5.33. The fourth-order valence-electron chi connectivity index (χ4n) is 1.53. The van der Waals surface area contributed by atoms with E-state index in [1.165, 1.54) is 0 Å². The lowest BCUT2D eigenvalue weighted by Gasteiger charge is -2.15. The van der Waals surface area contributed by atoms with Crippen LogP contribution < -0.4 is 11.1 Å². The first-order chi connectivity index (χ1) is 7.99. The summed E-state index contributed by atoms with van der Waals surface area (Å²) in [4.78, 5) is 11.6. The Bertz CT molecular complexity index is 379. The van der Waals surface area contributed by atoms with E-state index in [0.717, 1.165) is 16.5 Å². The second-order valence-corrected chi connectivity index (χ2v) is 5.28. The molecule has 0 bridgehead atoms. The molecule has 0 aliphatic carbocycles. The average molecular weight is 299 g/mol. The van der Waals surface area contributed by atoms with Crippen molar-refractivity contribution in [1.29, 1.82) is 0 Å². The van der Waals surface area contributed by atoms with E-state index in [1.807, 2.05) is 38.1 Å². The van der Waals surface area contributed by atoms with Crippen molar-refractivity contribution in [2.45, 2.75) is 38.8 Å².